The second-order valence-corrected chi connectivity index (χ2v) is 5.72. The number of pyridine rings is 1. The van der Waals surface area contributed by atoms with Crippen molar-refractivity contribution in [2.75, 3.05) is 19.7 Å². The predicted octanol–water partition coefficient (Wildman–Crippen LogP) is 2.32. The molecule has 0 spiro atoms. The van der Waals surface area contributed by atoms with Gasteiger partial charge in [-0.25, -0.2) is 4.52 Å². The van der Waals surface area contributed by atoms with Crippen LogP contribution in [0.1, 0.15) is 43.0 Å². The highest BCUT2D eigenvalue weighted by Crippen LogP contribution is 2.18. The number of carbonyl (C=O) groups is 2. The normalized spacial score (nSPS) is 14.7. The van der Waals surface area contributed by atoms with Crippen LogP contribution in [0.5, 0.6) is 5.75 Å². The summed E-state index contributed by atoms with van der Waals surface area (Å²) < 4.78 is 7.39. The number of nitrogens with zero attached hydrogens (tertiary/aromatic N) is 3. The number of carbonyl (C=O) groups excluding carboxylic acids is 2. The maximum Gasteiger partial charge on any atom is 0.222 e. The molecule has 1 amide bonds. The van der Waals surface area contributed by atoms with Crippen LogP contribution >= 0.6 is 0 Å². The molecule has 6 nitrogen and oxygen atoms in total. The number of hydrogen-bond donors (Lipinski definition) is 0. The van der Waals surface area contributed by atoms with Crippen molar-refractivity contribution in [3.63, 3.8) is 0 Å². The first-order valence-electron chi connectivity index (χ1n) is 8.10. The fraction of sp³-hybridized carbons (Fsp3) is 0.471. The van der Waals surface area contributed by atoms with Crippen molar-refractivity contribution in [2.45, 2.75) is 32.6 Å². The summed E-state index contributed by atoms with van der Waals surface area (Å²) in [5.41, 5.74) is 1.44. The van der Waals surface area contributed by atoms with Gasteiger partial charge in [0.1, 0.15) is 5.75 Å². The first-order valence-corrected chi connectivity index (χ1v) is 8.10. The Morgan fingerprint density at radius 2 is 2.26 bits per heavy atom. The molecule has 1 saturated heterocycles. The predicted molar refractivity (Wildman–Crippen MR) is 85.7 cm³/mol. The molecule has 0 aromatic carbocycles. The van der Waals surface area contributed by atoms with E-state index in [-0.39, 0.29) is 11.7 Å². The summed E-state index contributed by atoms with van der Waals surface area (Å²) >= 11 is 0. The van der Waals surface area contributed by atoms with Crippen molar-refractivity contribution in [1.29, 1.82) is 0 Å². The number of fused-ring (bicyclic) bond motifs is 1. The van der Waals surface area contributed by atoms with Crippen LogP contribution in [0.4, 0.5) is 0 Å². The van der Waals surface area contributed by atoms with E-state index in [4.69, 9.17) is 4.74 Å². The van der Waals surface area contributed by atoms with Gasteiger partial charge in [0.15, 0.2) is 5.78 Å². The van der Waals surface area contributed by atoms with Gasteiger partial charge < -0.3 is 9.64 Å². The molecule has 1 fully saturated rings. The number of aromatic nitrogens is 2. The van der Waals surface area contributed by atoms with E-state index in [9.17, 15) is 9.59 Å². The van der Waals surface area contributed by atoms with Crippen molar-refractivity contribution in [3.05, 3.63) is 30.1 Å². The molecular formula is C17H21N3O3. The Hall–Kier alpha value is -2.37. The maximum atomic E-state index is 11.8. The molecule has 6 heteroatoms. The summed E-state index contributed by atoms with van der Waals surface area (Å²) in [6.07, 6.45) is 6.30. The van der Waals surface area contributed by atoms with E-state index in [1.165, 1.54) is 0 Å². The summed E-state index contributed by atoms with van der Waals surface area (Å²) in [4.78, 5) is 25.2. The zero-order chi connectivity index (χ0) is 16.2. The van der Waals surface area contributed by atoms with Gasteiger partial charge in [-0.3, -0.25) is 9.59 Å². The Bertz CT molecular complexity index is 723. The molecule has 122 valence electrons. The Morgan fingerprint density at radius 3 is 3.00 bits per heavy atom. The fourth-order valence-electron chi connectivity index (χ4n) is 2.84. The standard InChI is InChI=1S/C17H21N3O3/c1-2-16(21)14-11-18-20-12-13(6-7-15(14)20)23-10-4-9-19-8-3-5-17(19)22/h6-7,11-12H,2-5,8-10H2,1H3. The van der Waals surface area contributed by atoms with Gasteiger partial charge in [-0.1, -0.05) is 6.92 Å². The highest BCUT2D eigenvalue weighted by Gasteiger charge is 2.19. The largest absolute Gasteiger partial charge is 0.492 e. The molecule has 0 unspecified atom stereocenters. The van der Waals surface area contributed by atoms with Gasteiger partial charge in [0.2, 0.25) is 5.91 Å². The van der Waals surface area contributed by atoms with Crippen LogP contribution in [0.15, 0.2) is 24.5 Å². The molecule has 2 aromatic rings. The van der Waals surface area contributed by atoms with E-state index in [0.717, 1.165) is 31.4 Å². The van der Waals surface area contributed by atoms with E-state index >= 15 is 0 Å². The minimum Gasteiger partial charge on any atom is -0.492 e. The minimum absolute atomic E-state index is 0.0870. The molecule has 1 aliphatic heterocycles. The van der Waals surface area contributed by atoms with Gasteiger partial charge in [0.05, 0.1) is 30.1 Å². The number of ether oxygens (including phenoxy) is 1. The second kappa shape index (κ2) is 6.81. The maximum absolute atomic E-state index is 11.8. The molecule has 0 aliphatic carbocycles. The summed E-state index contributed by atoms with van der Waals surface area (Å²) in [6, 6.07) is 3.71. The van der Waals surface area contributed by atoms with Gasteiger partial charge >= 0.3 is 0 Å². The topological polar surface area (TPSA) is 63.9 Å². The summed E-state index contributed by atoms with van der Waals surface area (Å²) in [7, 11) is 0. The number of ketones is 1. The molecule has 0 saturated carbocycles. The summed E-state index contributed by atoms with van der Waals surface area (Å²) in [5.74, 6) is 1.05. The van der Waals surface area contributed by atoms with E-state index in [1.807, 2.05) is 24.0 Å². The first kappa shape index (κ1) is 15.5. The molecule has 23 heavy (non-hydrogen) atoms. The molecule has 3 rings (SSSR count). The van der Waals surface area contributed by atoms with Crippen molar-refractivity contribution in [2.24, 2.45) is 0 Å². The smallest absolute Gasteiger partial charge is 0.222 e. The Balaban J connectivity index is 1.56. The third kappa shape index (κ3) is 3.36. The number of amides is 1. The zero-order valence-electron chi connectivity index (χ0n) is 13.3. The lowest BCUT2D eigenvalue weighted by atomic mass is 10.1. The molecule has 1 aliphatic rings. The molecule has 0 atom stereocenters. The fourth-order valence-corrected chi connectivity index (χ4v) is 2.84. The van der Waals surface area contributed by atoms with Crippen LogP contribution in [-0.4, -0.2) is 45.9 Å². The van der Waals surface area contributed by atoms with Gasteiger partial charge in [-0.2, -0.15) is 5.10 Å². The number of rotatable bonds is 7. The third-order valence-electron chi connectivity index (χ3n) is 4.12. The number of likely N-dealkylation sites (tertiary alicyclic amines) is 1. The van der Waals surface area contributed by atoms with E-state index in [0.29, 0.717) is 30.8 Å². The van der Waals surface area contributed by atoms with Gasteiger partial charge in [0.25, 0.3) is 0 Å². The van der Waals surface area contributed by atoms with Gasteiger partial charge in [0, 0.05) is 25.9 Å². The van der Waals surface area contributed by atoms with Crippen molar-refractivity contribution >= 4 is 17.2 Å². The summed E-state index contributed by atoms with van der Waals surface area (Å²) in [6.45, 7) is 4.01. The molecule has 0 bridgehead atoms. The highest BCUT2D eigenvalue weighted by atomic mass is 16.5. The van der Waals surface area contributed by atoms with Crippen LogP contribution < -0.4 is 4.74 Å². The van der Waals surface area contributed by atoms with Crippen molar-refractivity contribution < 1.29 is 14.3 Å². The Morgan fingerprint density at radius 1 is 1.39 bits per heavy atom. The SMILES string of the molecule is CCC(=O)c1cnn2cc(OCCCN3CCCC3=O)ccc12. The average molecular weight is 315 g/mol. The monoisotopic (exact) mass is 315 g/mol. The quantitative estimate of drug-likeness (QED) is 0.581. The molecule has 0 N–H and O–H groups in total. The number of hydrogen-bond acceptors (Lipinski definition) is 4. The molecule has 3 heterocycles. The molecular weight excluding hydrogens is 294 g/mol. The zero-order valence-corrected chi connectivity index (χ0v) is 13.3. The van der Waals surface area contributed by atoms with Crippen LogP contribution in [0.25, 0.3) is 5.52 Å². The average Bonchev–Trinajstić information content (AvgIpc) is 3.16. The lowest BCUT2D eigenvalue weighted by Gasteiger charge is -2.15. The lowest BCUT2D eigenvalue weighted by molar-refractivity contribution is -0.127. The van der Waals surface area contributed by atoms with Crippen LogP contribution in [0.3, 0.4) is 0 Å². The molecule has 2 aromatic heterocycles. The highest BCUT2D eigenvalue weighted by molar-refractivity contribution is 6.01. The van der Waals surface area contributed by atoms with Gasteiger partial charge in [-0.05, 0) is 25.0 Å². The van der Waals surface area contributed by atoms with Crippen LogP contribution in [-0.2, 0) is 4.79 Å². The first-order chi connectivity index (χ1) is 11.2. The van der Waals surface area contributed by atoms with Crippen LogP contribution in [0, 0.1) is 0 Å². The minimum atomic E-state index is 0.0870. The van der Waals surface area contributed by atoms with Crippen LogP contribution in [0.2, 0.25) is 0 Å². The molecule has 0 radical (unpaired) electrons. The summed E-state index contributed by atoms with van der Waals surface area (Å²) in [5, 5.41) is 4.21. The number of Topliss-reactive ketones (excluding diaryl/α,β-unsaturated/α-hetero) is 1. The Kier molecular flexibility index (Phi) is 4.60. The van der Waals surface area contributed by atoms with Gasteiger partial charge in [-0.15, -0.1) is 0 Å². The van der Waals surface area contributed by atoms with E-state index in [1.54, 1.807) is 16.9 Å². The Labute approximate surface area is 135 Å². The van der Waals surface area contributed by atoms with E-state index < -0.39 is 0 Å². The van der Waals surface area contributed by atoms with Crippen molar-refractivity contribution in [3.8, 4) is 5.75 Å². The third-order valence-corrected chi connectivity index (χ3v) is 4.12. The van der Waals surface area contributed by atoms with E-state index in [2.05, 4.69) is 5.10 Å². The lowest BCUT2D eigenvalue weighted by Crippen LogP contribution is -2.26. The second-order valence-electron chi connectivity index (χ2n) is 5.72. The van der Waals surface area contributed by atoms with Crippen molar-refractivity contribution in [1.82, 2.24) is 14.5 Å².